The van der Waals surface area contributed by atoms with E-state index < -0.39 is 5.91 Å². The van der Waals surface area contributed by atoms with Crippen LogP contribution in [0, 0.1) is 0 Å². The van der Waals surface area contributed by atoms with Gasteiger partial charge in [-0.3, -0.25) is 14.6 Å². The molecule has 0 atom stereocenters. The number of piperazine rings is 1. The van der Waals surface area contributed by atoms with Gasteiger partial charge in [0.15, 0.2) is 17.5 Å². The van der Waals surface area contributed by atoms with Crippen LogP contribution in [0.4, 0.5) is 5.82 Å². The van der Waals surface area contributed by atoms with Crippen LogP contribution in [0.3, 0.4) is 0 Å². The van der Waals surface area contributed by atoms with E-state index in [1.165, 1.54) is 4.57 Å². The molecule has 0 aromatic carbocycles. The molecule has 0 saturated carbocycles. The van der Waals surface area contributed by atoms with E-state index in [0.29, 0.717) is 44.3 Å². The van der Waals surface area contributed by atoms with Crippen LogP contribution in [0.25, 0.3) is 0 Å². The average Bonchev–Trinajstić information content (AvgIpc) is 3.14. The van der Waals surface area contributed by atoms with Crippen molar-refractivity contribution in [2.75, 3.05) is 38.1 Å². The van der Waals surface area contributed by atoms with Gasteiger partial charge in [-0.2, -0.15) is 0 Å². The summed E-state index contributed by atoms with van der Waals surface area (Å²) in [5.74, 6) is 1.33. The number of hydrogen-bond donors (Lipinski definition) is 2. The van der Waals surface area contributed by atoms with E-state index in [-0.39, 0.29) is 11.3 Å². The Hall–Kier alpha value is -3.30. The molecule has 2 aromatic heterocycles. The van der Waals surface area contributed by atoms with E-state index in [4.69, 9.17) is 10.2 Å². The number of hydrogen-bond acceptors (Lipinski definition) is 6. The van der Waals surface area contributed by atoms with E-state index in [1.54, 1.807) is 38.6 Å². The van der Waals surface area contributed by atoms with Crippen LogP contribution in [0.5, 0.6) is 0 Å². The average molecular weight is 373 g/mol. The molecule has 3 N–H and O–H groups in total. The van der Waals surface area contributed by atoms with Crippen molar-refractivity contribution in [3.05, 3.63) is 46.4 Å². The van der Waals surface area contributed by atoms with Gasteiger partial charge in [0.25, 0.3) is 11.5 Å². The first-order chi connectivity index (χ1) is 13.0. The maximum atomic E-state index is 12.2. The van der Waals surface area contributed by atoms with Crippen LogP contribution in [0.2, 0.25) is 0 Å². The monoisotopic (exact) mass is 373 g/mol. The fourth-order valence-corrected chi connectivity index (χ4v) is 2.94. The Labute approximate surface area is 156 Å². The highest BCUT2D eigenvalue weighted by Crippen LogP contribution is 2.10. The van der Waals surface area contributed by atoms with Gasteiger partial charge in [-0.25, -0.2) is 4.98 Å². The molecule has 0 bridgehead atoms. The molecule has 0 radical (unpaired) electrons. The second kappa shape index (κ2) is 7.94. The number of carbonyl (C=O) groups excluding carboxylic acids is 1. The third kappa shape index (κ3) is 4.10. The van der Waals surface area contributed by atoms with Gasteiger partial charge >= 0.3 is 0 Å². The topological polar surface area (TPSA) is 122 Å². The van der Waals surface area contributed by atoms with Gasteiger partial charge in [0.2, 0.25) is 0 Å². The van der Waals surface area contributed by atoms with Gasteiger partial charge in [-0.05, 0) is 12.1 Å². The number of guanidine groups is 1. The van der Waals surface area contributed by atoms with Crippen LogP contribution in [-0.2, 0) is 13.6 Å². The Morgan fingerprint density at radius 1 is 1.33 bits per heavy atom. The molecule has 1 fully saturated rings. The highest BCUT2D eigenvalue weighted by molar-refractivity contribution is 5.89. The zero-order valence-electron chi connectivity index (χ0n) is 15.4. The molecule has 3 heterocycles. The molecule has 144 valence electrons. The first-order valence-corrected chi connectivity index (χ1v) is 8.60. The van der Waals surface area contributed by atoms with Crippen molar-refractivity contribution < 1.29 is 9.21 Å². The first kappa shape index (κ1) is 18.5. The van der Waals surface area contributed by atoms with Crippen LogP contribution >= 0.6 is 0 Å². The lowest BCUT2D eigenvalue weighted by atomic mass is 10.3. The Kier molecular flexibility index (Phi) is 5.43. The molecule has 1 aliphatic heterocycles. The van der Waals surface area contributed by atoms with Crippen molar-refractivity contribution in [1.29, 1.82) is 0 Å². The smallest absolute Gasteiger partial charge is 0.293 e. The summed E-state index contributed by atoms with van der Waals surface area (Å²) in [6.45, 7) is 3.12. The standard InChI is InChI=1S/C17H23N7O3/c1-19-17(21-11-12-3-4-13(27-12)14(18)25)24-9-7-23(8-10-24)15-16(26)22(2)6-5-20-15/h3-6H,7-11H2,1-2H3,(H2,18,25)(H,19,21). The molecule has 0 spiro atoms. The molecule has 2 aromatic rings. The van der Waals surface area contributed by atoms with Gasteiger partial charge in [-0.1, -0.05) is 0 Å². The van der Waals surface area contributed by atoms with Crippen molar-refractivity contribution in [2.24, 2.45) is 17.8 Å². The van der Waals surface area contributed by atoms with Gasteiger partial charge in [0.05, 0.1) is 6.54 Å². The Balaban J connectivity index is 1.57. The van der Waals surface area contributed by atoms with Gasteiger partial charge in [0, 0.05) is 52.7 Å². The fraction of sp³-hybridized carbons (Fsp3) is 0.412. The zero-order valence-corrected chi connectivity index (χ0v) is 15.4. The predicted molar refractivity (Wildman–Crippen MR) is 101 cm³/mol. The van der Waals surface area contributed by atoms with Crippen molar-refractivity contribution in [3.8, 4) is 0 Å². The summed E-state index contributed by atoms with van der Waals surface area (Å²) < 4.78 is 6.89. The lowest BCUT2D eigenvalue weighted by Gasteiger charge is -2.36. The number of amides is 1. The largest absolute Gasteiger partial charge is 0.454 e. The first-order valence-electron chi connectivity index (χ1n) is 8.60. The summed E-state index contributed by atoms with van der Waals surface area (Å²) >= 11 is 0. The number of primary amides is 1. The fourth-order valence-electron chi connectivity index (χ4n) is 2.94. The predicted octanol–water partition coefficient (Wildman–Crippen LogP) is -0.630. The third-order valence-electron chi connectivity index (χ3n) is 4.41. The number of anilines is 1. The van der Waals surface area contributed by atoms with E-state index in [0.717, 1.165) is 5.96 Å². The molecule has 10 heteroatoms. The summed E-state index contributed by atoms with van der Waals surface area (Å²) in [7, 11) is 3.42. The highest BCUT2D eigenvalue weighted by atomic mass is 16.3. The number of nitrogens with zero attached hydrogens (tertiary/aromatic N) is 5. The molecular formula is C17H23N7O3. The number of carbonyl (C=O) groups is 1. The number of nitrogens with two attached hydrogens (primary N) is 1. The lowest BCUT2D eigenvalue weighted by Crippen LogP contribution is -2.53. The van der Waals surface area contributed by atoms with Crippen LogP contribution in [-0.4, -0.2) is 59.5 Å². The van der Waals surface area contributed by atoms with Crippen molar-refractivity contribution >= 4 is 17.7 Å². The molecule has 10 nitrogen and oxygen atoms in total. The minimum absolute atomic E-state index is 0.100. The Morgan fingerprint density at radius 2 is 2.07 bits per heavy atom. The molecule has 0 unspecified atom stereocenters. The molecule has 1 aliphatic rings. The van der Waals surface area contributed by atoms with Crippen LogP contribution < -0.4 is 21.5 Å². The number of aliphatic imine (C=N–C) groups is 1. The molecule has 3 rings (SSSR count). The SMILES string of the molecule is CN=C(NCc1ccc(C(N)=O)o1)N1CCN(c2nccn(C)c2=O)CC1. The Bertz CT molecular complexity index is 894. The van der Waals surface area contributed by atoms with Crippen LogP contribution in [0.15, 0.2) is 38.7 Å². The summed E-state index contributed by atoms with van der Waals surface area (Å²) in [6.07, 6.45) is 3.28. The molecule has 27 heavy (non-hydrogen) atoms. The quantitative estimate of drug-likeness (QED) is 0.540. The lowest BCUT2D eigenvalue weighted by molar-refractivity contribution is 0.0972. The van der Waals surface area contributed by atoms with E-state index in [9.17, 15) is 9.59 Å². The summed E-state index contributed by atoms with van der Waals surface area (Å²) in [6, 6.07) is 3.25. The normalized spacial score (nSPS) is 15.1. The molecule has 0 aliphatic carbocycles. The Morgan fingerprint density at radius 3 is 2.70 bits per heavy atom. The van der Waals surface area contributed by atoms with E-state index in [1.807, 2.05) is 4.90 Å². The molecule has 1 amide bonds. The second-order valence-electron chi connectivity index (χ2n) is 6.17. The zero-order chi connectivity index (χ0) is 19.4. The summed E-state index contributed by atoms with van der Waals surface area (Å²) in [5, 5.41) is 3.21. The maximum absolute atomic E-state index is 12.2. The minimum atomic E-state index is -0.595. The minimum Gasteiger partial charge on any atom is -0.454 e. The number of nitrogens with one attached hydrogen (secondary N) is 1. The summed E-state index contributed by atoms with van der Waals surface area (Å²) in [4.78, 5) is 35.9. The highest BCUT2D eigenvalue weighted by Gasteiger charge is 2.22. The van der Waals surface area contributed by atoms with E-state index >= 15 is 0 Å². The number of aromatic nitrogens is 2. The summed E-state index contributed by atoms with van der Waals surface area (Å²) in [5.41, 5.74) is 5.09. The number of rotatable bonds is 4. The van der Waals surface area contributed by atoms with Crippen molar-refractivity contribution in [1.82, 2.24) is 19.8 Å². The molecule has 1 saturated heterocycles. The second-order valence-corrected chi connectivity index (χ2v) is 6.17. The van der Waals surface area contributed by atoms with Crippen LogP contribution in [0.1, 0.15) is 16.3 Å². The van der Waals surface area contributed by atoms with Gasteiger partial charge < -0.3 is 29.8 Å². The number of furan rings is 1. The third-order valence-corrected chi connectivity index (χ3v) is 4.41. The van der Waals surface area contributed by atoms with Crippen molar-refractivity contribution in [3.63, 3.8) is 0 Å². The van der Waals surface area contributed by atoms with Gasteiger partial charge in [-0.15, -0.1) is 0 Å². The molecular weight excluding hydrogens is 350 g/mol. The van der Waals surface area contributed by atoms with E-state index in [2.05, 4.69) is 20.2 Å². The maximum Gasteiger partial charge on any atom is 0.293 e. The number of aryl methyl sites for hydroxylation is 1. The van der Waals surface area contributed by atoms with Gasteiger partial charge in [0.1, 0.15) is 5.76 Å². The van der Waals surface area contributed by atoms with Crippen molar-refractivity contribution in [2.45, 2.75) is 6.54 Å².